The summed E-state index contributed by atoms with van der Waals surface area (Å²) in [4.78, 5) is 14.7. The highest BCUT2D eigenvalue weighted by molar-refractivity contribution is 6.31. The van der Waals surface area contributed by atoms with Crippen LogP contribution in [-0.4, -0.2) is 50.8 Å². The van der Waals surface area contributed by atoms with Crippen molar-refractivity contribution in [3.8, 4) is 5.75 Å². The van der Waals surface area contributed by atoms with E-state index in [9.17, 15) is 9.18 Å². The first-order chi connectivity index (χ1) is 13.6. The van der Waals surface area contributed by atoms with Crippen molar-refractivity contribution in [3.05, 3.63) is 64.4 Å². The predicted octanol–water partition coefficient (Wildman–Crippen LogP) is 3.22. The molecule has 0 bridgehead atoms. The molecule has 1 amide bonds. The highest BCUT2D eigenvalue weighted by atomic mass is 35.5. The number of carbonyl (C=O) groups excluding carboxylic acids is 1. The molecule has 1 aliphatic rings. The third kappa shape index (κ3) is 5.22. The molecule has 0 aliphatic carbocycles. The minimum absolute atomic E-state index is 0.0471. The molecule has 0 unspecified atom stereocenters. The number of carbonyl (C=O) groups is 1. The lowest BCUT2D eigenvalue weighted by molar-refractivity contribution is -0.120. The van der Waals surface area contributed by atoms with Gasteiger partial charge in [-0.25, -0.2) is 4.39 Å². The number of hydrogen-bond donors (Lipinski definition) is 1. The third-order valence-corrected chi connectivity index (χ3v) is 5.17. The molecule has 7 heteroatoms. The van der Waals surface area contributed by atoms with Gasteiger partial charge in [-0.05, 0) is 29.3 Å². The number of nitrogens with one attached hydrogen (secondary N) is 1. The van der Waals surface area contributed by atoms with E-state index in [0.717, 1.165) is 18.7 Å². The largest absolute Gasteiger partial charge is 0.494 e. The topological polar surface area (TPSA) is 50.8 Å². The monoisotopic (exact) mass is 406 g/mol. The van der Waals surface area contributed by atoms with Crippen LogP contribution in [0.15, 0.2) is 42.5 Å². The molecule has 2 aromatic carbocycles. The van der Waals surface area contributed by atoms with Crippen molar-refractivity contribution < 1.29 is 18.7 Å². The summed E-state index contributed by atoms with van der Waals surface area (Å²) < 4.78 is 24.2. The lowest BCUT2D eigenvalue weighted by Gasteiger charge is -2.35. The summed E-state index contributed by atoms with van der Waals surface area (Å²) in [5.41, 5.74) is 1.57. The Morgan fingerprint density at radius 2 is 2.04 bits per heavy atom. The SMILES string of the molecule is COc1ccc(CC(=O)NC[C@@H](c2ccccc2Cl)N2CCOCC2)cc1F. The van der Waals surface area contributed by atoms with Crippen LogP contribution in [0.4, 0.5) is 4.39 Å². The number of halogens is 2. The first-order valence-electron chi connectivity index (χ1n) is 9.24. The molecular formula is C21H24ClFN2O3. The maximum atomic E-state index is 13.8. The maximum absolute atomic E-state index is 13.8. The van der Waals surface area contributed by atoms with Gasteiger partial charge in [0.2, 0.25) is 5.91 Å². The Balaban J connectivity index is 1.66. The van der Waals surface area contributed by atoms with E-state index in [4.69, 9.17) is 21.1 Å². The van der Waals surface area contributed by atoms with Crippen LogP contribution in [-0.2, 0) is 16.0 Å². The van der Waals surface area contributed by atoms with Gasteiger partial charge >= 0.3 is 0 Å². The molecule has 0 aromatic heterocycles. The Hall–Kier alpha value is -2.15. The molecule has 150 valence electrons. The molecule has 0 saturated carbocycles. The summed E-state index contributed by atoms with van der Waals surface area (Å²) in [7, 11) is 1.41. The zero-order valence-electron chi connectivity index (χ0n) is 15.8. The van der Waals surface area contributed by atoms with E-state index in [1.165, 1.54) is 19.2 Å². The highest BCUT2D eigenvalue weighted by Gasteiger charge is 2.24. The fraction of sp³-hybridized carbons (Fsp3) is 0.381. The van der Waals surface area contributed by atoms with Gasteiger partial charge in [-0.1, -0.05) is 35.9 Å². The number of ether oxygens (including phenoxy) is 2. The van der Waals surface area contributed by atoms with Crippen LogP contribution < -0.4 is 10.1 Å². The quantitative estimate of drug-likeness (QED) is 0.767. The number of morpholine rings is 1. The summed E-state index contributed by atoms with van der Waals surface area (Å²) in [6.45, 7) is 3.27. The molecule has 28 heavy (non-hydrogen) atoms. The average molecular weight is 407 g/mol. The van der Waals surface area contributed by atoms with E-state index in [-0.39, 0.29) is 24.1 Å². The average Bonchev–Trinajstić information content (AvgIpc) is 2.70. The van der Waals surface area contributed by atoms with Gasteiger partial charge in [0.1, 0.15) is 0 Å². The molecule has 1 fully saturated rings. The van der Waals surface area contributed by atoms with E-state index < -0.39 is 5.82 Å². The first kappa shape index (κ1) is 20.6. The van der Waals surface area contributed by atoms with E-state index >= 15 is 0 Å². The second kappa shape index (κ2) is 9.87. The minimum atomic E-state index is -0.477. The molecular weight excluding hydrogens is 383 g/mol. The van der Waals surface area contributed by atoms with E-state index in [0.29, 0.717) is 30.3 Å². The standard InChI is InChI=1S/C21H24ClFN2O3/c1-27-20-7-6-15(12-18(20)23)13-21(26)24-14-19(25-8-10-28-11-9-25)16-4-2-3-5-17(16)22/h2-7,12,19H,8-11,13-14H2,1H3,(H,24,26)/t19-/m0/s1. The zero-order valence-corrected chi connectivity index (χ0v) is 16.5. The third-order valence-electron chi connectivity index (χ3n) is 4.82. The van der Waals surface area contributed by atoms with Crippen LogP contribution in [0, 0.1) is 5.82 Å². The number of methoxy groups -OCH3 is 1. The molecule has 1 aliphatic heterocycles. The molecule has 1 saturated heterocycles. The molecule has 0 radical (unpaired) electrons. The number of amides is 1. The van der Waals surface area contributed by atoms with Crippen LogP contribution in [0.2, 0.25) is 5.02 Å². The van der Waals surface area contributed by atoms with Crippen LogP contribution in [0.1, 0.15) is 17.2 Å². The minimum Gasteiger partial charge on any atom is -0.494 e. The second-order valence-electron chi connectivity index (χ2n) is 6.64. The van der Waals surface area contributed by atoms with Crippen molar-refractivity contribution in [2.24, 2.45) is 0 Å². The Morgan fingerprint density at radius 3 is 2.71 bits per heavy atom. The van der Waals surface area contributed by atoms with E-state index in [1.807, 2.05) is 24.3 Å². The van der Waals surface area contributed by atoms with Crippen molar-refractivity contribution in [3.63, 3.8) is 0 Å². The number of hydrogen-bond acceptors (Lipinski definition) is 4. The predicted molar refractivity (Wildman–Crippen MR) is 106 cm³/mol. The van der Waals surface area contributed by atoms with Gasteiger partial charge in [0.25, 0.3) is 0 Å². The van der Waals surface area contributed by atoms with Gasteiger partial charge in [0.15, 0.2) is 11.6 Å². The molecule has 3 rings (SSSR count). The van der Waals surface area contributed by atoms with E-state index in [1.54, 1.807) is 6.07 Å². The van der Waals surface area contributed by atoms with E-state index in [2.05, 4.69) is 10.2 Å². The summed E-state index contributed by atoms with van der Waals surface area (Å²) in [6.07, 6.45) is 0.0965. The molecule has 2 aromatic rings. The van der Waals surface area contributed by atoms with Crippen molar-refractivity contribution in [2.45, 2.75) is 12.5 Å². The fourth-order valence-electron chi connectivity index (χ4n) is 3.35. The fourth-order valence-corrected chi connectivity index (χ4v) is 3.61. The summed E-state index contributed by atoms with van der Waals surface area (Å²) in [5, 5.41) is 3.64. The molecule has 1 heterocycles. The zero-order chi connectivity index (χ0) is 19.9. The molecule has 0 spiro atoms. The summed E-state index contributed by atoms with van der Waals surface area (Å²) >= 11 is 6.41. The Labute approximate surface area is 169 Å². The maximum Gasteiger partial charge on any atom is 0.224 e. The van der Waals surface area contributed by atoms with Crippen molar-refractivity contribution >= 4 is 17.5 Å². The van der Waals surface area contributed by atoms with Crippen molar-refractivity contribution in [2.75, 3.05) is 40.0 Å². The van der Waals surface area contributed by atoms with Gasteiger partial charge < -0.3 is 14.8 Å². The van der Waals surface area contributed by atoms with Gasteiger partial charge in [-0.3, -0.25) is 9.69 Å². The first-order valence-corrected chi connectivity index (χ1v) is 9.61. The van der Waals surface area contributed by atoms with Gasteiger partial charge in [-0.2, -0.15) is 0 Å². The van der Waals surface area contributed by atoms with Crippen LogP contribution >= 0.6 is 11.6 Å². The lowest BCUT2D eigenvalue weighted by atomic mass is 10.0. The Morgan fingerprint density at radius 1 is 1.29 bits per heavy atom. The Kier molecular flexibility index (Phi) is 7.25. The number of nitrogens with zero attached hydrogens (tertiary/aromatic N) is 1. The van der Waals surface area contributed by atoms with Gasteiger partial charge in [-0.15, -0.1) is 0 Å². The molecule has 5 nitrogen and oxygen atoms in total. The van der Waals surface area contributed by atoms with Gasteiger partial charge in [0.05, 0.1) is 32.8 Å². The van der Waals surface area contributed by atoms with Crippen molar-refractivity contribution in [1.82, 2.24) is 10.2 Å². The van der Waals surface area contributed by atoms with Gasteiger partial charge in [0, 0.05) is 24.7 Å². The second-order valence-corrected chi connectivity index (χ2v) is 7.04. The van der Waals surface area contributed by atoms with Crippen molar-refractivity contribution in [1.29, 1.82) is 0 Å². The van der Waals surface area contributed by atoms with Crippen LogP contribution in [0.25, 0.3) is 0 Å². The molecule has 1 N–H and O–H groups in total. The van der Waals surface area contributed by atoms with Crippen LogP contribution in [0.5, 0.6) is 5.75 Å². The smallest absolute Gasteiger partial charge is 0.224 e. The summed E-state index contributed by atoms with van der Waals surface area (Å²) in [6, 6.07) is 12.2. The lowest BCUT2D eigenvalue weighted by Crippen LogP contribution is -2.44. The summed E-state index contributed by atoms with van der Waals surface area (Å²) in [5.74, 6) is -0.486. The van der Waals surface area contributed by atoms with Crippen LogP contribution in [0.3, 0.4) is 0 Å². The number of benzene rings is 2. The molecule has 1 atom stereocenters. The number of rotatable bonds is 7. The Bertz CT molecular complexity index is 812. The highest BCUT2D eigenvalue weighted by Crippen LogP contribution is 2.27. The normalized spacial score (nSPS) is 15.8.